The van der Waals surface area contributed by atoms with Gasteiger partial charge in [0, 0.05) is 29.1 Å². The molecule has 0 aliphatic heterocycles. The number of fused-ring (bicyclic) bond motifs is 3. The van der Waals surface area contributed by atoms with Crippen molar-refractivity contribution in [2.75, 3.05) is 0 Å². The second kappa shape index (κ2) is 11.7. The maximum absolute atomic E-state index is 13.3. The van der Waals surface area contributed by atoms with E-state index in [0.717, 1.165) is 50.0 Å². The van der Waals surface area contributed by atoms with Gasteiger partial charge in [-0.2, -0.15) is 0 Å². The third-order valence-electron chi connectivity index (χ3n) is 8.68. The first-order valence-electron chi connectivity index (χ1n) is 15.9. The average Bonchev–Trinajstić information content (AvgIpc) is 3.18. The smallest absolute Gasteiger partial charge is 0.200 e. The molecule has 0 saturated heterocycles. The van der Waals surface area contributed by atoms with Gasteiger partial charge in [-0.15, -0.1) is 0 Å². The molecule has 3 heterocycles. The van der Waals surface area contributed by atoms with Gasteiger partial charge in [0.05, 0.1) is 21.8 Å². The van der Waals surface area contributed by atoms with Crippen LogP contribution in [-0.2, 0) is 0 Å². The predicted molar refractivity (Wildman–Crippen MR) is 194 cm³/mol. The predicted octanol–water partition coefficient (Wildman–Crippen LogP) is 9.41. The molecule has 0 amide bonds. The summed E-state index contributed by atoms with van der Waals surface area (Å²) in [6, 6.07) is 45.2. The van der Waals surface area contributed by atoms with Crippen molar-refractivity contribution < 1.29 is 4.42 Å². The fraction of sp³-hybridized carbons (Fsp3) is 0. The highest BCUT2D eigenvalue weighted by atomic mass is 16.3. The summed E-state index contributed by atoms with van der Waals surface area (Å²) in [6.07, 6.45) is 3.36. The summed E-state index contributed by atoms with van der Waals surface area (Å²) in [5.74, 6) is 1.60. The minimum absolute atomic E-state index is 0.0425. The molecular formula is C42H25N5O2. The van der Waals surface area contributed by atoms with Gasteiger partial charge in [0.1, 0.15) is 11.2 Å². The molecule has 7 nitrogen and oxygen atoms in total. The lowest BCUT2D eigenvalue weighted by molar-refractivity contribution is 0.660. The zero-order valence-corrected chi connectivity index (χ0v) is 26.0. The summed E-state index contributed by atoms with van der Waals surface area (Å²) in [6.45, 7) is 0. The van der Waals surface area contributed by atoms with E-state index in [4.69, 9.17) is 19.4 Å². The molecule has 0 radical (unpaired) electrons. The summed E-state index contributed by atoms with van der Waals surface area (Å²) in [5, 5.41) is 1.11. The molecule has 3 aromatic heterocycles. The highest BCUT2D eigenvalue weighted by Gasteiger charge is 2.19. The van der Waals surface area contributed by atoms with E-state index in [0.29, 0.717) is 39.4 Å². The van der Waals surface area contributed by atoms with Crippen molar-refractivity contribution in [2.24, 2.45) is 0 Å². The Morgan fingerprint density at radius 2 is 1.04 bits per heavy atom. The standard InChI is InChI=1S/C42H25N5O2/c48-39-32-17-8-9-20-36(32)49-37-25-27(21-22-33(37)39)28-13-4-5-14-29(28)30-15-6-7-16-31(30)41-45-40(26-11-2-1-3-12-26)46-42(47-41)34-18-10-19-35-38(34)44-24-23-43-35/h1-25H. The molecule has 0 aliphatic carbocycles. The first-order chi connectivity index (χ1) is 24.2. The number of aromatic nitrogens is 5. The second-order valence-corrected chi connectivity index (χ2v) is 11.6. The van der Waals surface area contributed by atoms with E-state index >= 15 is 0 Å². The molecule has 9 rings (SSSR count). The van der Waals surface area contributed by atoms with E-state index in [2.05, 4.69) is 28.2 Å². The molecule has 0 unspecified atom stereocenters. The second-order valence-electron chi connectivity index (χ2n) is 11.6. The Hall–Kier alpha value is -6.86. The molecule has 0 fully saturated rings. The van der Waals surface area contributed by atoms with Gasteiger partial charge < -0.3 is 4.42 Å². The van der Waals surface area contributed by atoms with Crippen molar-refractivity contribution in [3.8, 4) is 56.4 Å². The van der Waals surface area contributed by atoms with Crippen molar-refractivity contribution in [1.82, 2.24) is 24.9 Å². The quantitative estimate of drug-likeness (QED) is 0.175. The maximum atomic E-state index is 13.3. The van der Waals surface area contributed by atoms with Crippen LogP contribution in [0.15, 0.2) is 161 Å². The number of hydrogen-bond acceptors (Lipinski definition) is 7. The first kappa shape index (κ1) is 28.4. The third-order valence-corrected chi connectivity index (χ3v) is 8.68. The van der Waals surface area contributed by atoms with Crippen LogP contribution < -0.4 is 5.43 Å². The molecule has 7 heteroatoms. The number of nitrogens with zero attached hydrogens (tertiary/aromatic N) is 5. The first-order valence-corrected chi connectivity index (χ1v) is 15.9. The Balaban J connectivity index is 1.24. The molecule has 230 valence electrons. The van der Waals surface area contributed by atoms with Gasteiger partial charge in [0.2, 0.25) is 5.43 Å². The van der Waals surface area contributed by atoms with E-state index in [-0.39, 0.29) is 5.43 Å². The Labute approximate surface area is 280 Å². The summed E-state index contributed by atoms with van der Waals surface area (Å²) in [5.41, 5.74) is 8.88. The molecule has 9 aromatic rings. The molecule has 0 N–H and O–H groups in total. The van der Waals surface area contributed by atoms with E-state index in [1.165, 1.54) is 0 Å². The van der Waals surface area contributed by atoms with Crippen molar-refractivity contribution in [1.29, 1.82) is 0 Å². The van der Waals surface area contributed by atoms with Crippen LogP contribution in [0.2, 0.25) is 0 Å². The Kier molecular flexibility index (Phi) is 6.80. The summed E-state index contributed by atoms with van der Waals surface area (Å²) in [4.78, 5) is 37.5. The van der Waals surface area contributed by atoms with Crippen LogP contribution in [-0.4, -0.2) is 24.9 Å². The summed E-state index contributed by atoms with van der Waals surface area (Å²) in [7, 11) is 0. The molecular weight excluding hydrogens is 606 g/mol. The third kappa shape index (κ3) is 5.01. The Bertz CT molecular complexity index is 2750. The van der Waals surface area contributed by atoms with Gasteiger partial charge in [-0.25, -0.2) is 15.0 Å². The lowest BCUT2D eigenvalue weighted by Crippen LogP contribution is -2.02. The molecule has 6 aromatic carbocycles. The van der Waals surface area contributed by atoms with Gasteiger partial charge in [-0.3, -0.25) is 14.8 Å². The largest absolute Gasteiger partial charge is 0.456 e. The van der Waals surface area contributed by atoms with Gasteiger partial charge in [0.25, 0.3) is 0 Å². The van der Waals surface area contributed by atoms with Gasteiger partial charge in [0.15, 0.2) is 17.5 Å². The van der Waals surface area contributed by atoms with Crippen molar-refractivity contribution in [3.63, 3.8) is 0 Å². The molecule has 0 bridgehead atoms. The van der Waals surface area contributed by atoms with Crippen LogP contribution in [0.5, 0.6) is 0 Å². The zero-order valence-electron chi connectivity index (χ0n) is 26.0. The molecule has 0 atom stereocenters. The van der Waals surface area contributed by atoms with Gasteiger partial charge in [-0.1, -0.05) is 103 Å². The highest BCUT2D eigenvalue weighted by Crippen LogP contribution is 2.39. The minimum Gasteiger partial charge on any atom is -0.456 e. The number of benzene rings is 6. The van der Waals surface area contributed by atoms with Crippen molar-refractivity contribution >= 4 is 33.0 Å². The van der Waals surface area contributed by atoms with Crippen LogP contribution >= 0.6 is 0 Å². The lowest BCUT2D eigenvalue weighted by Gasteiger charge is -2.15. The van der Waals surface area contributed by atoms with Crippen molar-refractivity contribution in [2.45, 2.75) is 0 Å². The summed E-state index contributed by atoms with van der Waals surface area (Å²) >= 11 is 0. The molecule has 0 saturated carbocycles. The number of para-hydroxylation sites is 2. The van der Waals surface area contributed by atoms with E-state index < -0.39 is 0 Å². The minimum atomic E-state index is -0.0425. The van der Waals surface area contributed by atoms with E-state index in [9.17, 15) is 4.79 Å². The Morgan fingerprint density at radius 1 is 0.429 bits per heavy atom. The monoisotopic (exact) mass is 631 g/mol. The van der Waals surface area contributed by atoms with Gasteiger partial charge in [-0.05, 0) is 58.7 Å². The van der Waals surface area contributed by atoms with Crippen LogP contribution in [0.4, 0.5) is 0 Å². The number of rotatable bonds is 5. The van der Waals surface area contributed by atoms with Gasteiger partial charge >= 0.3 is 0 Å². The van der Waals surface area contributed by atoms with E-state index in [1.807, 2.05) is 115 Å². The molecule has 49 heavy (non-hydrogen) atoms. The van der Waals surface area contributed by atoms with E-state index in [1.54, 1.807) is 18.5 Å². The lowest BCUT2D eigenvalue weighted by atomic mass is 9.91. The van der Waals surface area contributed by atoms with Crippen LogP contribution in [0.25, 0.3) is 89.4 Å². The topological polar surface area (TPSA) is 94.7 Å². The average molecular weight is 632 g/mol. The van der Waals surface area contributed by atoms with Crippen LogP contribution in [0, 0.1) is 0 Å². The highest BCUT2D eigenvalue weighted by molar-refractivity contribution is 5.96. The fourth-order valence-electron chi connectivity index (χ4n) is 6.36. The van der Waals surface area contributed by atoms with Crippen molar-refractivity contribution in [3.05, 3.63) is 162 Å². The molecule has 0 spiro atoms. The SMILES string of the molecule is O=c1c2ccccc2oc2cc(-c3ccccc3-c3ccccc3-c3nc(-c4ccccc4)nc(-c4cccc5nccnc45)n3)ccc12. The van der Waals surface area contributed by atoms with Crippen LogP contribution in [0.3, 0.4) is 0 Å². The summed E-state index contributed by atoms with van der Waals surface area (Å²) < 4.78 is 6.23. The zero-order chi connectivity index (χ0) is 32.7. The fourth-order valence-corrected chi connectivity index (χ4v) is 6.36. The number of hydrogen-bond donors (Lipinski definition) is 0. The maximum Gasteiger partial charge on any atom is 0.200 e. The molecule has 0 aliphatic rings. The van der Waals surface area contributed by atoms with Crippen LogP contribution in [0.1, 0.15) is 0 Å². The Morgan fingerprint density at radius 3 is 1.88 bits per heavy atom. The normalized spacial score (nSPS) is 11.3.